The van der Waals surface area contributed by atoms with Gasteiger partial charge in [-0.1, -0.05) is 18.2 Å². The zero-order chi connectivity index (χ0) is 21.7. The zero-order valence-corrected chi connectivity index (χ0v) is 18.0. The second-order valence-electron chi connectivity index (χ2n) is 6.21. The smallest absolute Gasteiger partial charge is 0.286 e. The van der Waals surface area contributed by atoms with E-state index in [9.17, 15) is 4.79 Å². The molecule has 10 heteroatoms. The van der Waals surface area contributed by atoms with Crippen molar-refractivity contribution >= 4 is 28.1 Å². The number of methoxy groups -OCH3 is 1. The summed E-state index contributed by atoms with van der Waals surface area (Å²) in [5, 5.41) is 7.33. The molecule has 0 saturated carbocycles. The monoisotopic (exact) mass is 472 g/mol. The van der Waals surface area contributed by atoms with Gasteiger partial charge in [0.25, 0.3) is 5.56 Å². The Morgan fingerprint density at radius 2 is 1.90 bits per heavy atom. The standard InChI is InChI=1S/C20H21BrN6O3/c1-26-15(18(21)19(28)27(26)14-6-4-3-5-7-14)12-30-16-9-8-13(10-17(16)29-2)11-24-25-20(22)23/h3-11H,12H2,1-2H3,(H4,22,23,25). The van der Waals surface area contributed by atoms with Crippen molar-refractivity contribution in [3.8, 4) is 17.2 Å². The summed E-state index contributed by atoms with van der Waals surface area (Å²) in [4.78, 5) is 12.7. The van der Waals surface area contributed by atoms with Crippen molar-refractivity contribution in [1.82, 2.24) is 9.36 Å². The predicted octanol–water partition coefficient (Wildman–Crippen LogP) is 2.13. The molecule has 30 heavy (non-hydrogen) atoms. The Balaban J connectivity index is 1.85. The van der Waals surface area contributed by atoms with Gasteiger partial charge in [0.2, 0.25) is 5.96 Å². The van der Waals surface area contributed by atoms with E-state index in [2.05, 4.69) is 26.1 Å². The van der Waals surface area contributed by atoms with Crippen molar-refractivity contribution in [3.63, 3.8) is 0 Å². The normalized spacial score (nSPS) is 10.9. The molecule has 0 saturated heterocycles. The van der Waals surface area contributed by atoms with E-state index in [1.807, 2.05) is 30.3 Å². The van der Waals surface area contributed by atoms with E-state index in [1.54, 1.807) is 34.6 Å². The van der Waals surface area contributed by atoms with Gasteiger partial charge in [-0.2, -0.15) is 5.10 Å². The lowest BCUT2D eigenvalue weighted by atomic mass is 10.2. The molecule has 0 atom stereocenters. The van der Waals surface area contributed by atoms with Crippen LogP contribution in [0.5, 0.6) is 11.5 Å². The summed E-state index contributed by atoms with van der Waals surface area (Å²) in [6.07, 6.45) is 1.49. The summed E-state index contributed by atoms with van der Waals surface area (Å²) in [7, 11) is 3.34. The molecule has 2 aromatic carbocycles. The van der Waals surface area contributed by atoms with Crippen LogP contribution in [0.3, 0.4) is 0 Å². The van der Waals surface area contributed by atoms with Crippen molar-refractivity contribution < 1.29 is 9.47 Å². The summed E-state index contributed by atoms with van der Waals surface area (Å²) < 4.78 is 15.1. The molecule has 0 aliphatic heterocycles. The van der Waals surface area contributed by atoms with Crippen LogP contribution in [0.25, 0.3) is 5.69 Å². The van der Waals surface area contributed by atoms with Gasteiger partial charge in [0.05, 0.1) is 24.7 Å². The molecule has 1 heterocycles. The number of hydrogen-bond donors (Lipinski definition) is 2. The van der Waals surface area contributed by atoms with Gasteiger partial charge in [-0.3, -0.25) is 9.48 Å². The number of ether oxygens (including phenoxy) is 2. The van der Waals surface area contributed by atoms with Crippen LogP contribution in [0, 0.1) is 0 Å². The Kier molecular flexibility index (Phi) is 6.58. The van der Waals surface area contributed by atoms with Crippen LogP contribution in [0.2, 0.25) is 0 Å². The summed E-state index contributed by atoms with van der Waals surface area (Å²) in [6.45, 7) is 0.157. The Bertz CT molecular complexity index is 1150. The predicted molar refractivity (Wildman–Crippen MR) is 119 cm³/mol. The first-order chi connectivity index (χ1) is 14.4. The number of rotatable bonds is 7. The molecule has 3 aromatic rings. The van der Waals surface area contributed by atoms with Crippen LogP contribution in [0.15, 0.2) is 68.0 Å². The number of para-hydroxylation sites is 1. The second-order valence-corrected chi connectivity index (χ2v) is 7.00. The molecule has 3 rings (SSSR count). The number of hydrogen-bond acceptors (Lipinski definition) is 5. The van der Waals surface area contributed by atoms with Gasteiger partial charge in [-0.15, -0.1) is 5.10 Å². The van der Waals surface area contributed by atoms with E-state index >= 15 is 0 Å². The molecule has 0 aliphatic rings. The van der Waals surface area contributed by atoms with Gasteiger partial charge < -0.3 is 20.9 Å². The fourth-order valence-electron chi connectivity index (χ4n) is 2.82. The van der Waals surface area contributed by atoms with Crippen LogP contribution < -0.4 is 26.5 Å². The minimum absolute atomic E-state index is 0.128. The summed E-state index contributed by atoms with van der Waals surface area (Å²) in [5.74, 6) is 0.896. The van der Waals surface area contributed by atoms with E-state index < -0.39 is 0 Å². The lowest BCUT2D eigenvalue weighted by molar-refractivity contribution is 0.274. The number of nitrogens with two attached hydrogens (primary N) is 2. The van der Waals surface area contributed by atoms with Crippen molar-refractivity contribution in [2.24, 2.45) is 28.7 Å². The SMILES string of the molecule is COc1cc(C=NN=C(N)N)ccc1OCc1c(Br)c(=O)n(-c2ccccc2)n1C. The molecule has 0 bridgehead atoms. The van der Waals surface area contributed by atoms with Crippen LogP contribution in [0.1, 0.15) is 11.3 Å². The molecule has 1 aromatic heterocycles. The first-order valence-electron chi connectivity index (χ1n) is 8.87. The Morgan fingerprint density at radius 1 is 1.17 bits per heavy atom. The lowest BCUT2D eigenvalue weighted by Crippen LogP contribution is -2.21. The average molecular weight is 473 g/mol. The van der Waals surface area contributed by atoms with Gasteiger partial charge >= 0.3 is 0 Å². The van der Waals surface area contributed by atoms with Crippen LogP contribution in [0.4, 0.5) is 0 Å². The third-order valence-electron chi connectivity index (χ3n) is 4.26. The molecule has 0 aliphatic carbocycles. The first kappa shape index (κ1) is 21.2. The summed E-state index contributed by atoms with van der Waals surface area (Å²) in [6, 6.07) is 14.7. The third-order valence-corrected chi connectivity index (χ3v) is 5.05. The van der Waals surface area contributed by atoms with Crippen molar-refractivity contribution in [3.05, 3.63) is 74.6 Å². The molecular weight excluding hydrogens is 452 g/mol. The highest BCUT2D eigenvalue weighted by Gasteiger charge is 2.18. The van der Waals surface area contributed by atoms with E-state index in [4.69, 9.17) is 20.9 Å². The Hall–Kier alpha value is -3.53. The number of nitrogens with zero attached hydrogens (tertiary/aromatic N) is 4. The highest BCUT2D eigenvalue weighted by Crippen LogP contribution is 2.29. The lowest BCUT2D eigenvalue weighted by Gasteiger charge is -2.13. The fourth-order valence-corrected chi connectivity index (χ4v) is 3.36. The van der Waals surface area contributed by atoms with E-state index in [-0.39, 0.29) is 18.1 Å². The number of aromatic nitrogens is 2. The van der Waals surface area contributed by atoms with Crippen molar-refractivity contribution in [2.45, 2.75) is 6.61 Å². The Labute approximate surface area is 181 Å². The molecule has 0 spiro atoms. The third kappa shape index (κ3) is 4.54. The molecule has 9 nitrogen and oxygen atoms in total. The van der Waals surface area contributed by atoms with Crippen molar-refractivity contribution in [1.29, 1.82) is 0 Å². The van der Waals surface area contributed by atoms with Gasteiger partial charge in [-0.05, 0) is 51.8 Å². The molecule has 0 fully saturated rings. The molecule has 4 N–H and O–H groups in total. The molecule has 0 radical (unpaired) electrons. The Morgan fingerprint density at radius 3 is 2.57 bits per heavy atom. The largest absolute Gasteiger partial charge is 0.493 e. The van der Waals surface area contributed by atoms with Gasteiger partial charge in [0, 0.05) is 7.05 Å². The van der Waals surface area contributed by atoms with Crippen LogP contribution >= 0.6 is 15.9 Å². The maximum absolute atomic E-state index is 12.7. The molecular formula is C20H21BrN6O3. The highest BCUT2D eigenvalue weighted by atomic mass is 79.9. The van der Waals surface area contributed by atoms with Crippen LogP contribution in [-0.4, -0.2) is 28.6 Å². The number of benzene rings is 2. The van der Waals surface area contributed by atoms with E-state index in [1.165, 1.54) is 13.3 Å². The van der Waals surface area contributed by atoms with E-state index in [0.29, 0.717) is 21.7 Å². The maximum Gasteiger partial charge on any atom is 0.286 e. The molecule has 156 valence electrons. The van der Waals surface area contributed by atoms with Crippen LogP contribution in [-0.2, 0) is 13.7 Å². The summed E-state index contributed by atoms with van der Waals surface area (Å²) >= 11 is 3.39. The van der Waals surface area contributed by atoms with Gasteiger partial charge in [0.15, 0.2) is 11.5 Å². The average Bonchev–Trinajstić information content (AvgIpc) is 2.95. The topological polar surface area (TPSA) is 122 Å². The fraction of sp³-hybridized carbons (Fsp3) is 0.150. The minimum Gasteiger partial charge on any atom is -0.493 e. The number of halogens is 1. The summed E-state index contributed by atoms with van der Waals surface area (Å²) in [5.41, 5.74) is 12.5. The first-order valence-corrected chi connectivity index (χ1v) is 9.66. The minimum atomic E-state index is -0.166. The second kappa shape index (κ2) is 9.31. The maximum atomic E-state index is 12.7. The molecule has 0 unspecified atom stereocenters. The van der Waals surface area contributed by atoms with E-state index in [0.717, 1.165) is 11.3 Å². The zero-order valence-electron chi connectivity index (χ0n) is 16.4. The highest BCUT2D eigenvalue weighted by molar-refractivity contribution is 9.10. The molecule has 0 amide bonds. The van der Waals surface area contributed by atoms with Gasteiger partial charge in [0.1, 0.15) is 11.1 Å². The number of guanidine groups is 1. The van der Waals surface area contributed by atoms with Crippen molar-refractivity contribution in [2.75, 3.05) is 7.11 Å². The quantitative estimate of drug-likeness (QED) is 0.309. The van der Waals surface area contributed by atoms with Gasteiger partial charge in [-0.25, -0.2) is 4.68 Å².